The first kappa shape index (κ1) is 14.0. The number of rotatable bonds is 6. The Morgan fingerprint density at radius 2 is 2.21 bits per heavy atom. The summed E-state index contributed by atoms with van der Waals surface area (Å²) in [4.78, 5) is 0. The van der Waals surface area contributed by atoms with Crippen molar-refractivity contribution >= 4 is 11.3 Å². The van der Waals surface area contributed by atoms with E-state index in [0.717, 1.165) is 13.0 Å². The van der Waals surface area contributed by atoms with Crippen LogP contribution in [0.15, 0.2) is 35.0 Å². The van der Waals surface area contributed by atoms with Crippen LogP contribution >= 0.6 is 11.3 Å². The van der Waals surface area contributed by atoms with Gasteiger partial charge in [-0.15, -0.1) is 0 Å². The predicted molar refractivity (Wildman–Crippen MR) is 77.4 cm³/mol. The average molecular weight is 279 g/mol. The molecule has 4 heteroatoms. The third-order valence-electron chi connectivity index (χ3n) is 3.12. The maximum absolute atomic E-state index is 13.9. The van der Waals surface area contributed by atoms with E-state index in [9.17, 15) is 4.39 Å². The van der Waals surface area contributed by atoms with E-state index in [1.54, 1.807) is 23.5 Å². The lowest BCUT2D eigenvalue weighted by Gasteiger charge is -2.15. The lowest BCUT2D eigenvalue weighted by molar-refractivity contribution is 0.409. The summed E-state index contributed by atoms with van der Waals surface area (Å²) in [6, 6.07) is 7.09. The summed E-state index contributed by atoms with van der Waals surface area (Å²) >= 11 is 1.70. The zero-order valence-corrected chi connectivity index (χ0v) is 12.0. The predicted octanol–water partition coefficient (Wildman–Crippen LogP) is 3.79. The van der Waals surface area contributed by atoms with Crippen molar-refractivity contribution in [2.75, 3.05) is 13.7 Å². The van der Waals surface area contributed by atoms with Crippen molar-refractivity contribution in [3.63, 3.8) is 0 Å². The number of halogens is 1. The fraction of sp³-hybridized carbons (Fsp3) is 0.333. The fourth-order valence-electron chi connectivity index (χ4n) is 1.96. The molecule has 0 aliphatic heterocycles. The molecule has 0 aliphatic carbocycles. The lowest BCUT2D eigenvalue weighted by atomic mass is 10.1. The molecule has 0 spiro atoms. The Morgan fingerprint density at radius 3 is 2.84 bits per heavy atom. The quantitative estimate of drug-likeness (QED) is 0.868. The molecule has 2 aromatic rings. The Kier molecular flexibility index (Phi) is 4.93. The van der Waals surface area contributed by atoms with E-state index in [0.29, 0.717) is 11.3 Å². The molecule has 0 radical (unpaired) electrons. The van der Waals surface area contributed by atoms with Gasteiger partial charge in [0.1, 0.15) is 11.6 Å². The molecule has 1 aromatic carbocycles. The highest BCUT2D eigenvalue weighted by Gasteiger charge is 2.11. The molecule has 0 bridgehead atoms. The van der Waals surface area contributed by atoms with Gasteiger partial charge in [-0.25, -0.2) is 4.39 Å². The van der Waals surface area contributed by atoms with Crippen molar-refractivity contribution < 1.29 is 9.13 Å². The lowest BCUT2D eigenvalue weighted by Crippen LogP contribution is -2.22. The number of hydrogen-bond donors (Lipinski definition) is 1. The fourth-order valence-corrected chi connectivity index (χ4v) is 2.67. The smallest absolute Gasteiger partial charge is 0.131 e. The highest BCUT2D eigenvalue weighted by atomic mass is 32.1. The van der Waals surface area contributed by atoms with Gasteiger partial charge in [-0.1, -0.05) is 6.07 Å². The number of nitrogens with one attached hydrogen (secondary N) is 1. The normalized spacial score (nSPS) is 12.4. The maximum atomic E-state index is 13.9. The van der Waals surface area contributed by atoms with Crippen molar-refractivity contribution in [1.82, 2.24) is 5.32 Å². The average Bonchev–Trinajstić information content (AvgIpc) is 2.91. The molecule has 102 valence electrons. The molecule has 19 heavy (non-hydrogen) atoms. The van der Waals surface area contributed by atoms with Crippen LogP contribution in [0.3, 0.4) is 0 Å². The third kappa shape index (κ3) is 3.78. The first-order valence-electron chi connectivity index (χ1n) is 6.28. The molecule has 1 heterocycles. The van der Waals surface area contributed by atoms with Crippen molar-refractivity contribution in [2.45, 2.75) is 19.4 Å². The molecule has 2 nitrogen and oxygen atoms in total. The number of hydrogen-bond acceptors (Lipinski definition) is 3. The van der Waals surface area contributed by atoms with Gasteiger partial charge in [-0.2, -0.15) is 11.3 Å². The van der Waals surface area contributed by atoms with E-state index in [2.05, 4.69) is 22.1 Å². The zero-order valence-electron chi connectivity index (χ0n) is 11.2. The number of benzene rings is 1. The van der Waals surface area contributed by atoms with Gasteiger partial charge in [0.25, 0.3) is 0 Å². The molecular formula is C15H18FNOS. The molecule has 0 aliphatic rings. The summed E-state index contributed by atoms with van der Waals surface area (Å²) in [5, 5.41) is 7.55. The minimum Gasteiger partial charge on any atom is -0.497 e. The van der Waals surface area contributed by atoms with Crippen LogP contribution in [0.2, 0.25) is 0 Å². The summed E-state index contributed by atoms with van der Waals surface area (Å²) in [5.41, 5.74) is 1.99. The number of methoxy groups -OCH3 is 1. The molecule has 1 unspecified atom stereocenters. The molecule has 1 atom stereocenters. The highest BCUT2D eigenvalue weighted by Crippen LogP contribution is 2.21. The van der Waals surface area contributed by atoms with Crippen molar-refractivity contribution in [3.05, 3.63) is 52.0 Å². The first-order valence-corrected chi connectivity index (χ1v) is 7.23. The highest BCUT2D eigenvalue weighted by molar-refractivity contribution is 7.07. The number of ether oxygens (including phenoxy) is 1. The molecule has 0 amide bonds. The SMILES string of the molecule is COc1ccc(C(C)NCCc2ccsc2)c(F)c1. The van der Waals surface area contributed by atoms with Gasteiger partial charge in [0.15, 0.2) is 0 Å². The summed E-state index contributed by atoms with van der Waals surface area (Å²) in [5.74, 6) is 0.321. The Labute approximate surface area is 117 Å². The zero-order chi connectivity index (χ0) is 13.7. The summed E-state index contributed by atoms with van der Waals surface area (Å²) < 4.78 is 18.9. The van der Waals surface area contributed by atoms with Crippen LogP contribution in [0, 0.1) is 5.82 Å². The van der Waals surface area contributed by atoms with E-state index in [-0.39, 0.29) is 11.9 Å². The molecular weight excluding hydrogens is 261 g/mol. The summed E-state index contributed by atoms with van der Waals surface area (Å²) in [6.07, 6.45) is 0.964. The molecule has 2 rings (SSSR count). The van der Waals surface area contributed by atoms with Crippen LogP contribution in [0.25, 0.3) is 0 Å². The minimum atomic E-state index is -0.227. The molecule has 0 saturated carbocycles. The molecule has 0 fully saturated rings. The van der Waals surface area contributed by atoms with Gasteiger partial charge in [0.2, 0.25) is 0 Å². The van der Waals surface area contributed by atoms with Crippen molar-refractivity contribution in [1.29, 1.82) is 0 Å². The van der Waals surface area contributed by atoms with Gasteiger partial charge in [-0.05, 0) is 48.3 Å². The molecule has 0 saturated heterocycles. The molecule has 1 aromatic heterocycles. The van der Waals surface area contributed by atoms with Crippen LogP contribution in [0.1, 0.15) is 24.1 Å². The Balaban J connectivity index is 1.90. The third-order valence-corrected chi connectivity index (χ3v) is 3.85. The topological polar surface area (TPSA) is 21.3 Å². The Morgan fingerprint density at radius 1 is 1.37 bits per heavy atom. The van der Waals surface area contributed by atoms with Crippen LogP contribution in [-0.2, 0) is 6.42 Å². The second kappa shape index (κ2) is 6.68. The van der Waals surface area contributed by atoms with E-state index >= 15 is 0 Å². The van der Waals surface area contributed by atoms with E-state index < -0.39 is 0 Å². The molecule has 1 N–H and O–H groups in total. The van der Waals surface area contributed by atoms with Crippen LogP contribution < -0.4 is 10.1 Å². The number of thiophene rings is 1. The van der Waals surface area contributed by atoms with Crippen LogP contribution in [0.5, 0.6) is 5.75 Å². The van der Waals surface area contributed by atoms with Gasteiger partial charge in [0.05, 0.1) is 7.11 Å². The van der Waals surface area contributed by atoms with E-state index in [4.69, 9.17) is 4.74 Å². The second-order valence-corrected chi connectivity index (χ2v) is 5.22. The van der Waals surface area contributed by atoms with Crippen LogP contribution in [-0.4, -0.2) is 13.7 Å². The van der Waals surface area contributed by atoms with E-state index in [1.165, 1.54) is 18.7 Å². The summed E-state index contributed by atoms with van der Waals surface area (Å²) in [6.45, 7) is 2.81. The Hall–Kier alpha value is -1.39. The monoisotopic (exact) mass is 279 g/mol. The van der Waals surface area contributed by atoms with E-state index in [1.807, 2.05) is 6.92 Å². The second-order valence-electron chi connectivity index (χ2n) is 4.44. The Bertz CT molecular complexity index is 513. The van der Waals surface area contributed by atoms with Crippen LogP contribution in [0.4, 0.5) is 4.39 Å². The van der Waals surface area contributed by atoms with Crippen molar-refractivity contribution in [2.24, 2.45) is 0 Å². The van der Waals surface area contributed by atoms with Gasteiger partial charge >= 0.3 is 0 Å². The van der Waals surface area contributed by atoms with Gasteiger partial charge in [0, 0.05) is 17.7 Å². The minimum absolute atomic E-state index is 0.00968. The van der Waals surface area contributed by atoms with Crippen molar-refractivity contribution in [3.8, 4) is 5.75 Å². The standard InChI is InChI=1S/C15H18FNOS/c1-11(17-7-5-12-6-8-19-10-12)14-4-3-13(18-2)9-15(14)16/h3-4,6,8-11,17H,5,7H2,1-2H3. The van der Waals surface area contributed by atoms with Gasteiger partial charge in [-0.3, -0.25) is 0 Å². The largest absolute Gasteiger partial charge is 0.497 e. The maximum Gasteiger partial charge on any atom is 0.131 e. The first-order chi connectivity index (χ1) is 9.20. The van der Waals surface area contributed by atoms with Gasteiger partial charge < -0.3 is 10.1 Å². The summed E-state index contributed by atoms with van der Waals surface area (Å²) in [7, 11) is 1.54.